The largest absolute Gasteiger partial charge is 0.481 e. The van der Waals surface area contributed by atoms with E-state index in [0.29, 0.717) is 0 Å². The molecule has 1 aromatic rings. The third-order valence-corrected chi connectivity index (χ3v) is 4.79. The standard InChI is InChI=1S/C9H13N3O4S/c13-8(14)5-9(12-7-10-6-11-12)1-3-17(15,16)4-2-9/h6-7H,1-5H2,(H,13,14). The van der Waals surface area contributed by atoms with E-state index in [1.165, 1.54) is 17.3 Å². The van der Waals surface area contributed by atoms with Crippen LogP contribution >= 0.6 is 0 Å². The molecule has 1 N–H and O–H groups in total. The number of carboxylic acid groups (broad SMARTS) is 1. The Morgan fingerprint density at radius 1 is 1.41 bits per heavy atom. The van der Waals surface area contributed by atoms with Crippen molar-refractivity contribution in [1.82, 2.24) is 14.8 Å². The minimum Gasteiger partial charge on any atom is -0.481 e. The molecule has 0 saturated carbocycles. The van der Waals surface area contributed by atoms with Crippen LogP contribution in [0.4, 0.5) is 0 Å². The summed E-state index contributed by atoms with van der Waals surface area (Å²) in [5, 5.41) is 12.9. The highest BCUT2D eigenvalue weighted by Gasteiger charge is 2.41. The minimum absolute atomic E-state index is 0.000139. The topological polar surface area (TPSA) is 102 Å². The molecule has 8 heteroatoms. The summed E-state index contributed by atoms with van der Waals surface area (Å²) in [7, 11) is -3.04. The maximum Gasteiger partial charge on any atom is 0.305 e. The lowest BCUT2D eigenvalue weighted by atomic mass is 9.89. The van der Waals surface area contributed by atoms with Gasteiger partial charge in [0.05, 0.1) is 23.5 Å². The molecule has 1 saturated heterocycles. The van der Waals surface area contributed by atoms with Crippen LogP contribution in [0.3, 0.4) is 0 Å². The molecule has 0 aromatic carbocycles. The van der Waals surface area contributed by atoms with Gasteiger partial charge in [0.25, 0.3) is 0 Å². The Labute approximate surface area is 98.4 Å². The van der Waals surface area contributed by atoms with Gasteiger partial charge in [0.2, 0.25) is 0 Å². The van der Waals surface area contributed by atoms with Gasteiger partial charge in [-0.2, -0.15) is 5.10 Å². The van der Waals surface area contributed by atoms with Crippen molar-refractivity contribution in [3.05, 3.63) is 12.7 Å². The van der Waals surface area contributed by atoms with Gasteiger partial charge in [0.1, 0.15) is 12.7 Å². The van der Waals surface area contributed by atoms with Gasteiger partial charge in [-0.05, 0) is 12.8 Å². The van der Waals surface area contributed by atoms with Crippen molar-refractivity contribution in [2.45, 2.75) is 24.8 Å². The second-order valence-corrected chi connectivity index (χ2v) is 6.59. The Morgan fingerprint density at radius 3 is 2.53 bits per heavy atom. The zero-order valence-electron chi connectivity index (χ0n) is 9.11. The second-order valence-electron chi connectivity index (χ2n) is 4.29. The molecule has 0 aliphatic carbocycles. The quantitative estimate of drug-likeness (QED) is 0.796. The number of aliphatic carboxylic acids is 1. The Balaban J connectivity index is 2.30. The van der Waals surface area contributed by atoms with Crippen LogP contribution in [0.5, 0.6) is 0 Å². The number of carboxylic acids is 1. The van der Waals surface area contributed by atoms with E-state index in [1.807, 2.05) is 0 Å². The van der Waals surface area contributed by atoms with Crippen LogP contribution in [-0.2, 0) is 20.2 Å². The maximum absolute atomic E-state index is 11.4. The molecule has 17 heavy (non-hydrogen) atoms. The van der Waals surface area contributed by atoms with Crippen LogP contribution in [0.15, 0.2) is 12.7 Å². The number of rotatable bonds is 3. The van der Waals surface area contributed by atoms with Crippen LogP contribution in [0.1, 0.15) is 19.3 Å². The molecule has 1 aliphatic rings. The third kappa shape index (κ3) is 2.46. The monoisotopic (exact) mass is 259 g/mol. The summed E-state index contributed by atoms with van der Waals surface area (Å²) in [6.45, 7) is 0. The van der Waals surface area contributed by atoms with Gasteiger partial charge < -0.3 is 5.11 Å². The van der Waals surface area contributed by atoms with Gasteiger partial charge in [-0.25, -0.2) is 18.1 Å². The van der Waals surface area contributed by atoms with Crippen molar-refractivity contribution in [3.63, 3.8) is 0 Å². The Hall–Kier alpha value is -1.44. The second kappa shape index (κ2) is 4.10. The van der Waals surface area contributed by atoms with E-state index >= 15 is 0 Å². The van der Waals surface area contributed by atoms with Crippen molar-refractivity contribution < 1.29 is 18.3 Å². The highest BCUT2D eigenvalue weighted by molar-refractivity contribution is 7.91. The first-order chi connectivity index (χ1) is 7.94. The Bertz CT molecular complexity index is 494. The fourth-order valence-corrected chi connectivity index (χ4v) is 3.73. The molecular formula is C9H13N3O4S. The van der Waals surface area contributed by atoms with E-state index in [2.05, 4.69) is 10.1 Å². The number of sulfone groups is 1. The van der Waals surface area contributed by atoms with Gasteiger partial charge in [0, 0.05) is 0 Å². The average molecular weight is 259 g/mol. The van der Waals surface area contributed by atoms with Crippen LogP contribution in [-0.4, -0.2) is 45.8 Å². The molecule has 0 unspecified atom stereocenters. The molecule has 0 spiro atoms. The van der Waals surface area contributed by atoms with E-state index in [-0.39, 0.29) is 30.8 Å². The summed E-state index contributed by atoms with van der Waals surface area (Å²) >= 11 is 0. The lowest BCUT2D eigenvalue weighted by molar-refractivity contribution is -0.139. The van der Waals surface area contributed by atoms with Crippen molar-refractivity contribution in [2.75, 3.05) is 11.5 Å². The van der Waals surface area contributed by atoms with Crippen molar-refractivity contribution >= 4 is 15.8 Å². The lowest BCUT2D eigenvalue weighted by Crippen LogP contribution is -2.43. The van der Waals surface area contributed by atoms with Crippen molar-refractivity contribution in [3.8, 4) is 0 Å². The number of carbonyl (C=O) groups is 1. The molecule has 2 rings (SSSR count). The highest BCUT2D eigenvalue weighted by Crippen LogP contribution is 2.33. The first-order valence-corrected chi connectivity index (χ1v) is 7.03. The molecule has 7 nitrogen and oxygen atoms in total. The van der Waals surface area contributed by atoms with Gasteiger partial charge in [-0.3, -0.25) is 4.79 Å². The number of aromatic nitrogens is 3. The summed E-state index contributed by atoms with van der Waals surface area (Å²) in [5.74, 6) is -0.958. The molecule has 0 bridgehead atoms. The number of hydrogen-bond donors (Lipinski definition) is 1. The van der Waals surface area contributed by atoms with Crippen LogP contribution in [0, 0.1) is 0 Å². The molecule has 0 radical (unpaired) electrons. The molecule has 1 aromatic heterocycles. The summed E-state index contributed by atoms with van der Waals surface area (Å²) in [6, 6.07) is 0. The third-order valence-electron chi connectivity index (χ3n) is 3.14. The molecule has 0 atom stereocenters. The van der Waals surface area contributed by atoms with E-state index in [0.717, 1.165) is 0 Å². The number of hydrogen-bond acceptors (Lipinski definition) is 5. The van der Waals surface area contributed by atoms with Gasteiger partial charge in [-0.15, -0.1) is 0 Å². The SMILES string of the molecule is O=C(O)CC1(n2cncn2)CCS(=O)(=O)CC1. The summed E-state index contributed by atoms with van der Waals surface area (Å²) < 4.78 is 24.3. The van der Waals surface area contributed by atoms with Crippen LogP contribution < -0.4 is 0 Å². The van der Waals surface area contributed by atoms with Gasteiger partial charge in [-0.1, -0.05) is 0 Å². The maximum atomic E-state index is 11.4. The Kier molecular flexibility index (Phi) is 2.90. The summed E-state index contributed by atoms with van der Waals surface area (Å²) in [5.41, 5.74) is -0.756. The van der Waals surface area contributed by atoms with E-state index in [9.17, 15) is 13.2 Å². The fourth-order valence-electron chi connectivity index (χ4n) is 2.14. The van der Waals surface area contributed by atoms with Crippen molar-refractivity contribution in [1.29, 1.82) is 0 Å². The first-order valence-electron chi connectivity index (χ1n) is 5.21. The molecule has 1 aliphatic heterocycles. The molecule has 94 valence electrons. The molecule has 2 heterocycles. The van der Waals surface area contributed by atoms with Crippen LogP contribution in [0.25, 0.3) is 0 Å². The van der Waals surface area contributed by atoms with E-state index < -0.39 is 21.3 Å². The van der Waals surface area contributed by atoms with E-state index in [1.54, 1.807) is 0 Å². The van der Waals surface area contributed by atoms with E-state index in [4.69, 9.17) is 5.11 Å². The summed E-state index contributed by atoms with van der Waals surface area (Å²) in [6.07, 6.45) is 3.18. The molecule has 1 fully saturated rings. The molecule has 0 amide bonds. The normalized spacial score (nSPS) is 22.1. The zero-order chi connectivity index (χ0) is 12.5. The van der Waals surface area contributed by atoms with Crippen LogP contribution in [0.2, 0.25) is 0 Å². The first kappa shape index (κ1) is 12.0. The highest BCUT2D eigenvalue weighted by atomic mass is 32.2. The molecular weight excluding hydrogens is 246 g/mol. The average Bonchev–Trinajstić information content (AvgIpc) is 2.75. The fraction of sp³-hybridized carbons (Fsp3) is 0.667. The summed E-state index contributed by atoms with van der Waals surface area (Å²) in [4.78, 5) is 14.7. The van der Waals surface area contributed by atoms with Crippen molar-refractivity contribution in [2.24, 2.45) is 0 Å². The number of nitrogens with zero attached hydrogens (tertiary/aromatic N) is 3. The minimum atomic E-state index is -3.04. The lowest BCUT2D eigenvalue weighted by Gasteiger charge is -2.35. The smallest absolute Gasteiger partial charge is 0.305 e. The zero-order valence-corrected chi connectivity index (χ0v) is 9.93. The van der Waals surface area contributed by atoms with Gasteiger partial charge in [0.15, 0.2) is 9.84 Å². The van der Waals surface area contributed by atoms with Gasteiger partial charge >= 0.3 is 5.97 Å². The Morgan fingerprint density at radius 2 is 2.06 bits per heavy atom. The predicted octanol–water partition coefficient (Wildman–Crippen LogP) is -0.343. The predicted molar refractivity (Wildman–Crippen MR) is 58.1 cm³/mol.